The first-order chi connectivity index (χ1) is 7.24. The third kappa shape index (κ3) is 1.61. The van der Waals surface area contributed by atoms with Gasteiger partial charge in [-0.3, -0.25) is 0 Å². The van der Waals surface area contributed by atoms with E-state index in [0.717, 1.165) is 23.4 Å². The standard InChI is InChI=1S/C12H14N2O/c1-3-11-13-12(9(2)14(11)15)10-7-5-4-6-8-10/h4-8,15H,3H2,1-2H3. The Morgan fingerprint density at radius 3 is 2.47 bits per heavy atom. The molecule has 3 nitrogen and oxygen atoms in total. The SMILES string of the molecule is CCc1nc(-c2ccccc2)c(C)n1O. The molecule has 0 amide bonds. The van der Waals surface area contributed by atoms with Gasteiger partial charge in [-0.2, -0.15) is 4.73 Å². The highest BCUT2D eigenvalue weighted by atomic mass is 16.5. The lowest BCUT2D eigenvalue weighted by Gasteiger charge is -1.98. The molecule has 2 rings (SSSR count). The highest BCUT2D eigenvalue weighted by Crippen LogP contribution is 2.22. The molecule has 0 aliphatic heterocycles. The van der Waals surface area contributed by atoms with Crippen LogP contribution in [0.1, 0.15) is 18.4 Å². The van der Waals surface area contributed by atoms with Crippen molar-refractivity contribution in [2.24, 2.45) is 0 Å². The molecular formula is C12H14N2O. The second-order valence-corrected chi connectivity index (χ2v) is 3.49. The van der Waals surface area contributed by atoms with E-state index in [-0.39, 0.29) is 0 Å². The number of benzene rings is 1. The average Bonchev–Trinajstić information content (AvgIpc) is 2.57. The maximum Gasteiger partial charge on any atom is 0.145 e. The van der Waals surface area contributed by atoms with Crippen LogP contribution in [0.2, 0.25) is 0 Å². The zero-order valence-electron chi connectivity index (χ0n) is 8.94. The highest BCUT2D eigenvalue weighted by molar-refractivity contribution is 5.61. The summed E-state index contributed by atoms with van der Waals surface area (Å²) in [5, 5.41) is 9.73. The summed E-state index contributed by atoms with van der Waals surface area (Å²) < 4.78 is 1.17. The topological polar surface area (TPSA) is 38.0 Å². The van der Waals surface area contributed by atoms with Crippen LogP contribution < -0.4 is 0 Å². The molecule has 0 fully saturated rings. The molecule has 0 aliphatic carbocycles. The molecule has 3 heteroatoms. The summed E-state index contributed by atoms with van der Waals surface area (Å²) >= 11 is 0. The zero-order valence-corrected chi connectivity index (χ0v) is 8.94. The lowest BCUT2D eigenvalue weighted by atomic mass is 10.1. The monoisotopic (exact) mass is 202 g/mol. The van der Waals surface area contributed by atoms with Gasteiger partial charge in [0.15, 0.2) is 0 Å². The Bertz CT molecular complexity index is 460. The molecule has 0 radical (unpaired) electrons. The van der Waals surface area contributed by atoms with Gasteiger partial charge in [0.05, 0.1) is 11.4 Å². The van der Waals surface area contributed by atoms with Gasteiger partial charge >= 0.3 is 0 Å². The van der Waals surface area contributed by atoms with Crippen molar-refractivity contribution < 1.29 is 5.21 Å². The molecule has 0 aliphatic rings. The molecule has 15 heavy (non-hydrogen) atoms. The van der Waals surface area contributed by atoms with Crippen LogP contribution in [0.15, 0.2) is 30.3 Å². The van der Waals surface area contributed by atoms with Crippen LogP contribution in [0, 0.1) is 6.92 Å². The highest BCUT2D eigenvalue weighted by Gasteiger charge is 2.12. The van der Waals surface area contributed by atoms with Crippen LogP contribution in [0.4, 0.5) is 0 Å². The number of hydrogen-bond acceptors (Lipinski definition) is 2. The molecule has 1 aromatic heterocycles. The Labute approximate surface area is 89.0 Å². The van der Waals surface area contributed by atoms with Gasteiger partial charge in [0.25, 0.3) is 0 Å². The number of aromatic nitrogens is 2. The van der Waals surface area contributed by atoms with Crippen LogP contribution in [-0.4, -0.2) is 14.9 Å². The summed E-state index contributed by atoms with van der Waals surface area (Å²) in [6.07, 6.45) is 0.726. The van der Waals surface area contributed by atoms with E-state index >= 15 is 0 Å². The van der Waals surface area contributed by atoms with Crippen LogP contribution in [0.3, 0.4) is 0 Å². The predicted octanol–water partition coefficient (Wildman–Crippen LogP) is 2.66. The number of hydrogen-bond donors (Lipinski definition) is 1. The normalized spacial score (nSPS) is 10.5. The second-order valence-electron chi connectivity index (χ2n) is 3.49. The van der Waals surface area contributed by atoms with Crippen molar-refractivity contribution in [1.29, 1.82) is 0 Å². The van der Waals surface area contributed by atoms with E-state index < -0.39 is 0 Å². The molecule has 1 N–H and O–H groups in total. The minimum absolute atomic E-state index is 0.700. The first-order valence-electron chi connectivity index (χ1n) is 5.07. The van der Waals surface area contributed by atoms with Crippen molar-refractivity contribution in [3.8, 4) is 11.3 Å². The minimum Gasteiger partial charge on any atom is -0.427 e. The molecule has 2 aromatic rings. The van der Waals surface area contributed by atoms with Crippen molar-refractivity contribution in [3.05, 3.63) is 41.9 Å². The molecule has 78 valence electrons. The maximum absolute atomic E-state index is 9.73. The van der Waals surface area contributed by atoms with Crippen LogP contribution in [0.25, 0.3) is 11.3 Å². The minimum atomic E-state index is 0.700. The van der Waals surface area contributed by atoms with Gasteiger partial charge in [-0.1, -0.05) is 37.3 Å². The van der Waals surface area contributed by atoms with Gasteiger partial charge in [0, 0.05) is 12.0 Å². The number of aryl methyl sites for hydroxylation is 1. The number of imidazole rings is 1. The van der Waals surface area contributed by atoms with E-state index in [2.05, 4.69) is 4.98 Å². The molecule has 1 aromatic carbocycles. The lowest BCUT2D eigenvalue weighted by Crippen LogP contribution is -1.98. The largest absolute Gasteiger partial charge is 0.427 e. The maximum atomic E-state index is 9.73. The Kier molecular flexibility index (Phi) is 2.46. The third-order valence-corrected chi connectivity index (χ3v) is 2.51. The predicted molar refractivity (Wildman–Crippen MR) is 59.0 cm³/mol. The van der Waals surface area contributed by atoms with E-state index in [0.29, 0.717) is 5.82 Å². The third-order valence-electron chi connectivity index (χ3n) is 2.51. The van der Waals surface area contributed by atoms with Crippen LogP contribution >= 0.6 is 0 Å². The fourth-order valence-electron chi connectivity index (χ4n) is 1.65. The molecule has 0 saturated heterocycles. The van der Waals surface area contributed by atoms with Gasteiger partial charge in [-0.25, -0.2) is 4.98 Å². The molecule has 1 heterocycles. The fourth-order valence-corrected chi connectivity index (χ4v) is 1.65. The van der Waals surface area contributed by atoms with Gasteiger partial charge in [-0.15, -0.1) is 0 Å². The first kappa shape index (κ1) is 9.77. The molecule has 0 bridgehead atoms. The summed E-state index contributed by atoms with van der Waals surface area (Å²) in [4.78, 5) is 4.41. The molecule has 0 spiro atoms. The molecule has 0 unspecified atom stereocenters. The van der Waals surface area contributed by atoms with Gasteiger partial charge in [-0.05, 0) is 6.92 Å². The Balaban J connectivity index is 2.55. The van der Waals surface area contributed by atoms with Crippen LogP contribution in [-0.2, 0) is 6.42 Å². The quantitative estimate of drug-likeness (QED) is 0.760. The molecular weight excluding hydrogens is 188 g/mol. The zero-order chi connectivity index (χ0) is 10.8. The van der Waals surface area contributed by atoms with E-state index in [1.54, 1.807) is 0 Å². The lowest BCUT2D eigenvalue weighted by molar-refractivity contribution is 0.170. The Morgan fingerprint density at radius 1 is 1.27 bits per heavy atom. The summed E-state index contributed by atoms with van der Waals surface area (Å²) in [6, 6.07) is 9.90. The summed E-state index contributed by atoms with van der Waals surface area (Å²) in [5.74, 6) is 0.700. The Morgan fingerprint density at radius 2 is 1.93 bits per heavy atom. The fraction of sp³-hybridized carbons (Fsp3) is 0.250. The Hall–Kier alpha value is -1.77. The van der Waals surface area contributed by atoms with E-state index in [1.165, 1.54) is 4.73 Å². The second kappa shape index (κ2) is 3.77. The molecule has 0 saturated carbocycles. The number of nitrogens with zero attached hydrogens (tertiary/aromatic N) is 2. The first-order valence-corrected chi connectivity index (χ1v) is 5.07. The smallest absolute Gasteiger partial charge is 0.145 e. The number of rotatable bonds is 2. The average molecular weight is 202 g/mol. The van der Waals surface area contributed by atoms with Gasteiger partial charge in [0.1, 0.15) is 5.82 Å². The molecule has 0 atom stereocenters. The van der Waals surface area contributed by atoms with Crippen molar-refractivity contribution in [3.63, 3.8) is 0 Å². The van der Waals surface area contributed by atoms with E-state index in [1.807, 2.05) is 44.2 Å². The van der Waals surface area contributed by atoms with E-state index in [9.17, 15) is 5.21 Å². The van der Waals surface area contributed by atoms with Crippen molar-refractivity contribution >= 4 is 0 Å². The summed E-state index contributed by atoms with van der Waals surface area (Å²) in [7, 11) is 0. The van der Waals surface area contributed by atoms with Crippen molar-refractivity contribution in [2.75, 3.05) is 0 Å². The summed E-state index contributed by atoms with van der Waals surface area (Å²) in [6.45, 7) is 3.84. The van der Waals surface area contributed by atoms with Gasteiger partial charge < -0.3 is 5.21 Å². The van der Waals surface area contributed by atoms with Crippen molar-refractivity contribution in [1.82, 2.24) is 9.71 Å². The van der Waals surface area contributed by atoms with Crippen LogP contribution in [0.5, 0.6) is 0 Å². The van der Waals surface area contributed by atoms with Crippen molar-refractivity contribution in [2.45, 2.75) is 20.3 Å². The summed E-state index contributed by atoms with van der Waals surface area (Å²) in [5.41, 5.74) is 2.69. The van der Waals surface area contributed by atoms with Gasteiger partial charge in [0.2, 0.25) is 0 Å². The van der Waals surface area contributed by atoms with E-state index in [4.69, 9.17) is 0 Å².